The molecule has 0 radical (unpaired) electrons. The first kappa shape index (κ1) is 18.1. The van der Waals surface area contributed by atoms with Gasteiger partial charge in [-0.25, -0.2) is 0 Å². The Morgan fingerprint density at radius 3 is 2.52 bits per heavy atom. The van der Waals surface area contributed by atoms with Crippen LogP contribution in [0, 0.1) is 0 Å². The van der Waals surface area contributed by atoms with Gasteiger partial charge in [-0.1, -0.05) is 12.1 Å². The number of alkyl halides is 2. The minimum absolute atomic E-state index is 0.0635. The Labute approximate surface area is 159 Å². The van der Waals surface area contributed by atoms with Crippen LogP contribution in [0.5, 0.6) is 0 Å². The van der Waals surface area contributed by atoms with Gasteiger partial charge < -0.3 is 16.0 Å². The second kappa shape index (κ2) is 7.36. The summed E-state index contributed by atoms with van der Waals surface area (Å²) in [7, 11) is 0. The highest BCUT2D eigenvalue weighted by Gasteiger charge is 2.39. The van der Waals surface area contributed by atoms with Gasteiger partial charge in [-0.15, -0.1) is 11.3 Å². The van der Waals surface area contributed by atoms with Gasteiger partial charge in [-0.3, -0.25) is 9.59 Å². The van der Waals surface area contributed by atoms with Crippen molar-refractivity contribution in [2.75, 3.05) is 5.32 Å². The minimum atomic E-state index is -3.05. The van der Waals surface area contributed by atoms with Gasteiger partial charge in [0, 0.05) is 28.7 Å². The molecule has 1 aromatic heterocycles. The molecule has 27 heavy (non-hydrogen) atoms. The van der Waals surface area contributed by atoms with Gasteiger partial charge in [0.15, 0.2) is 0 Å². The number of fused-ring (bicyclic) bond motifs is 2. The monoisotopic (exact) mass is 391 g/mol. The molecule has 2 aromatic rings. The molecule has 0 aliphatic carbocycles. The van der Waals surface area contributed by atoms with Crippen LogP contribution in [0.3, 0.4) is 0 Å². The Morgan fingerprint density at radius 1 is 1.11 bits per heavy atom. The highest BCUT2D eigenvalue weighted by Crippen LogP contribution is 2.31. The maximum absolute atomic E-state index is 12.5. The molecule has 2 aliphatic heterocycles. The summed E-state index contributed by atoms with van der Waals surface area (Å²) < 4.78 is 24.6. The van der Waals surface area contributed by atoms with E-state index in [1.807, 2.05) is 6.07 Å². The van der Waals surface area contributed by atoms with Gasteiger partial charge in [-0.2, -0.15) is 8.78 Å². The Hall–Kier alpha value is -2.32. The third-order valence-corrected chi connectivity index (χ3v) is 6.21. The third kappa shape index (κ3) is 3.86. The Morgan fingerprint density at radius 2 is 1.89 bits per heavy atom. The molecule has 2 saturated heterocycles. The highest BCUT2D eigenvalue weighted by atomic mass is 32.1. The van der Waals surface area contributed by atoms with Crippen LogP contribution in [0.15, 0.2) is 36.4 Å². The largest absolute Gasteiger partial charge is 0.347 e. The van der Waals surface area contributed by atoms with Crippen LogP contribution in [0.25, 0.3) is 10.4 Å². The Bertz CT molecular complexity index is 853. The molecule has 2 bridgehead atoms. The van der Waals surface area contributed by atoms with Gasteiger partial charge in [0.2, 0.25) is 0 Å². The summed E-state index contributed by atoms with van der Waals surface area (Å²) in [5, 5.41) is 8.77. The fraction of sp³-hybridized carbons (Fsp3) is 0.368. The van der Waals surface area contributed by atoms with Gasteiger partial charge in [0.25, 0.3) is 11.8 Å². The van der Waals surface area contributed by atoms with Crippen molar-refractivity contribution in [3.05, 3.63) is 41.3 Å². The minimum Gasteiger partial charge on any atom is -0.347 e. The first-order valence-electron chi connectivity index (χ1n) is 8.86. The predicted octanol–water partition coefficient (Wildman–Crippen LogP) is 3.24. The molecule has 0 unspecified atom stereocenters. The van der Waals surface area contributed by atoms with Crippen molar-refractivity contribution in [2.45, 2.75) is 43.8 Å². The molecule has 2 fully saturated rings. The van der Waals surface area contributed by atoms with Crippen molar-refractivity contribution in [1.29, 1.82) is 0 Å². The SMILES string of the molecule is O=C(N[C@@H]1C[C@H]2CC[C@@H]1N2)c1ccc(-c2ccc(NC(=O)C(F)F)cc2)s1. The normalized spacial score (nSPS) is 23.6. The maximum atomic E-state index is 12.5. The van der Waals surface area contributed by atoms with E-state index < -0.39 is 12.3 Å². The second-order valence-corrected chi connectivity index (χ2v) is 7.98. The molecule has 0 saturated carbocycles. The summed E-state index contributed by atoms with van der Waals surface area (Å²) in [4.78, 5) is 25.1. The number of hydrogen-bond donors (Lipinski definition) is 3. The predicted molar refractivity (Wildman–Crippen MR) is 100 cm³/mol. The fourth-order valence-electron chi connectivity index (χ4n) is 3.75. The summed E-state index contributed by atoms with van der Waals surface area (Å²) >= 11 is 1.38. The number of hydrogen-bond acceptors (Lipinski definition) is 4. The van der Waals surface area contributed by atoms with Gasteiger partial charge in [0.1, 0.15) is 0 Å². The molecular formula is C19H19F2N3O2S. The van der Waals surface area contributed by atoms with E-state index >= 15 is 0 Å². The van der Waals surface area contributed by atoms with Crippen molar-refractivity contribution in [2.24, 2.45) is 0 Å². The number of rotatable bonds is 5. The van der Waals surface area contributed by atoms with E-state index in [2.05, 4.69) is 16.0 Å². The zero-order valence-corrected chi connectivity index (χ0v) is 15.2. The second-order valence-electron chi connectivity index (χ2n) is 6.89. The van der Waals surface area contributed by atoms with Gasteiger partial charge >= 0.3 is 6.43 Å². The molecule has 2 amide bonds. The lowest BCUT2D eigenvalue weighted by atomic mass is 9.95. The number of benzene rings is 1. The summed E-state index contributed by atoms with van der Waals surface area (Å²) in [6.07, 6.45) is 0.238. The van der Waals surface area contributed by atoms with Crippen molar-refractivity contribution < 1.29 is 18.4 Å². The molecule has 0 spiro atoms. The smallest absolute Gasteiger partial charge is 0.315 e. The molecule has 1 aromatic carbocycles. The average molecular weight is 391 g/mol. The highest BCUT2D eigenvalue weighted by molar-refractivity contribution is 7.17. The van der Waals surface area contributed by atoms with E-state index in [1.165, 1.54) is 17.8 Å². The average Bonchev–Trinajstić information content (AvgIpc) is 3.39. The van der Waals surface area contributed by atoms with Crippen LogP contribution in [-0.2, 0) is 4.79 Å². The van der Waals surface area contributed by atoms with Crippen LogP contribution in [0.2, 0.25) is 0 Å². The van der Waals surface area contributed by atoms with E-state index in [1.54, 1.807) is 30.3 Å². The Balaban J connectivity index is 1.40. The van der Waals surface area contributed by atoms with Gasteiger partial charge in [-0.05, 0) is 49.1 Å². The summed E-state index contributed by atoms with van der Waals surface area (Å²) in [6.45, 7) is 0. The number of carbonyl (C=O) groups is 2. The number of thiophene rings is 1. The van der Waals surface area contributed by atoms with Gasteiger partial charge in [0.05, 0.1) is 4.88 Å². The maximum Gasteiger partial charge on any atom is 0.315 e. The molecule has 3 N–H and O–H groups in total. The molecule has 2 aliphatic rings. The van der Waals surface area contributed by atoms with Crippen LogP contribution < -0.4 is 16.0 Å². The first-order chi connectivity index (χ1) is 13.0. The van der Waals surface area contributed by atoms with Crippen LogP contribution >= 0.6 is 11.3 Å². The molecule has 5 nitrogen and oxygen atoms in total. The van der Waals surface area contributed by atoms with Crippen molar-refractivity contribution in [1.82, 2.24) is 10.6 Å². The van der Waals surface area contributed by atoms with E-state index in [0.29, 0.717) is 22.6 Å². The summed E-state index contributed by atoms with van der Waals surface area (Å²) in [5.41, 5.74) is 1.16. The summed E-state index contributed by atoms with van der Waals surface area (Å²) in [5.74, 6) is -1.39. The topological polar surface area (TPSA) is 70.2 Å². The number of nitrogens with one attached hydrogen (secondary N) is 3. The Kier molecular flexibility index (Phi) is 4.92. The van der Waals surface area contributed by atoms with E-state index in [4.69, 9.17) is 0 Å². The molecule has 4 rings (SSSR count). The van der Waals surface area contributed by atoms with E-state index in [9.17, 15) is 18.4 Å². The third-order valence-electron chi connectivity index (χ3n) is 5.08. The lowest BCUT2D eigenvalue weighted by molar-refractivity contribution is -0.126. The standard InChI is InChI=1S/C19H19F2N3O2S/c20-17(21)19(26)23-11-3-1-10(2-4-11)15-7-8-16(27-15)18(25)24-14-9-12-5-6-13(14)22-12/h1-4,7-8,12-14,17,22H,5-6,9H2,(H,23,26)(H,24,25)/t12-,13+,14-/m1/s1. The van der Waals surface area contributed by atoms with Crippen molar-refractivity contribution in [3.63, 3.8) is 0 Å². The zero-order valence-electron chi connectivity index (χ0n) is 14.4. The fourth-order valence-corrected chi connectivity index (χ4v) is 4.67. The molecule has 3 atom stereocenters. The molecule has 8 heteroatoms. The van der Waals surface area contributed by atoms with Crippen LogP contribution in [0.4, 0.5) is 14.5 Å². The number of carbonyl (C=O) groups excluding carboxylic acids is 2. The van der Waals surface area contributed by atoms with E-state index in [-0.39, 0.29) is 11.9 Å². The quantitative estimate of drug-likeness (QED) is 0.733. The van der Waals surface area contributed by atoms with Crippen molar-refractivity contribution >= 4 is 28.8 Å². The van der Waals surface area contributed by atoms with E-state index in [0.717, 1.165) is 23.3 Å². The number of anilines is 1. The lowest BCUT2D eigenvalue weighted by Crippen LogP contribution is -2.42. The van der Waals surface area contributed by atoms with Crippen LogP contribution in [-0.4, -0.2) is 36.4 Å². The number of amides is 2. The van der Waals surface area contributed by atoms with Crippen LogP contribution in [0.1, 0.15) is 28.9 Å². The van der Waals surface area contributed by atoms with Crippen molar-refractivity contribution in [3.8, 4) is 10.4 Å². The summed E-state index contributed by atoms with van der Waals surface area (Å²) in [6, 6.07) is 11.4. The first-order valence-corrected chi connectivity index (χ1v) is 9.67. The zero-order chi connectivity index (χ0) is 19.0. The molecule has 3 heterocycles. The molecule has 142 valence electrons. The molecular weight excluding hydrogens is 372 g/mol. The lowest BCUT2D eigenvalue weighted by Gasteiger charge is -2.20. The number of halogens is 2.